The summed E-state index contributed by atoms with van der Waals surface area (Å²) in [4.78, 5) is 25.7. The second-order valence-corrected chi connectivity index (χ2v) is 4.71. The average Bonchev–Trinajstić information content (AvgIpc) is 2.79. The zero-order valence-corrected chi connectivity index (χ0v) is 11.5. The number of aliphatic hydroxyl groups is 1. The van der Waals surface area contributed by atoms with Crippen molar-refractivity contribution in [3.63, 3.8) is 0 Å². The fourth-order valence-electron chi connectivity index (χ4n) is 2.23. The molecule has 108 valence electrons. The number of aliphatic hydroxyl groups excluding tert-OH is 1. The minimum absolute atomic E-state index is 0.226. The van der Waals surface area contributed by atoms with Gasteiger partial charge < -0.3 is 9.84 Å². The first-order chi connectivity index (χ1) is 9.56. The van der Waals surface area contributed by atoms with E-state index in [9.17, 15) is 14.7 Å². The van der Waals surface area contributed by atoms with E-state index in [2.05, 4.69) is 16.8 Å². The summed E-state index contributed by atoms with van der Waals surface area (Å²) >= 11 is 0. The van der Waals surface area contributed by atoms with E-state index >= 15 is 0 Å². The molecular weight excluding hydrogens is 260 g/mol. The van der Waals surface area contributed by atoms with Crippen molar-refractivity contribution < 1.29 is 9.84 Å². The van der Waals surface area contributed by atoms with Crippen LogP contribution in [0.2, 0.25) is 0 Å². The first-order valence-corrected chi connectivity index (χ1v) is 6.74. The molecule has 3 atom stereocenters. The molecule has 1 saturated heterocycles. The first-order valence-electron chi connectivity index (χ1n) is 6.74. The molecule has 1 aliphatic heterocycles. The highest BCUT2D eigenvalue weighted by atomic mass is 16.5. The Morgan fingerprint density at radius 2 is 2.25 bits per heavy atom. The van der Waals surface area contributed by atoms with Crippen molar-refractivity contribution >= 4 is 0 Å². The Hall–Kier alpha value is -1.84. The number of rotatable bonds is 2. The summed E-state index contributed by atoms with van der Waals surface area (Å²) < 4.78 is 6.92. The van der Waals surface area contributed by atoms with E-state index in [1.807, 2.05) is 13.8 Å². The Balaban J connectivity index is 2.38. The van der Waals surface area contributed by atoms with Crippen molar-refractivity contribution in [2.24, 2.45) is 0 Å². The van der Waals surface area contributed by atoms with Gasteiger partial charge in [0.05, 0.1) is 12.2 Å². The van der Waals surface area contributed by atoms with Crippen LogP contribution in [-0.4, -0.2) is 26.9 Å². The molecule has 0 amide bonds. The third kappa shape index (κ3) is 2.84. The minimum atomic E-state index is -0.603. The fourth-order valence-corrected chi connectivity index (χ4v) is 2.23. The largest absolute Gasteiger partial charge is 0.390 e. The average molecular weight is 278 g/mol. The molecule has 3 unspecified atom stereocenters. The summed E-state index contributed by atoms with van der Waals surface area (Å²) in [5.74, 6) is 5.51. The van der Waals surface area contributed by atoms with Crippen LogP contribution in [0.4, 0.5) is 0 Å². The van der Waals surface area contributed by atoms with Gasteiger partial charge in [-0.2, -0.15) is 0 Å². The van der Waals surface area contributed by atoms with E-state index < -0.39 is 23.6 Å². The lowest BCUT2D eigenvalue weighted by molar-refractivity contribution is -0.0218. The number of nitrogens with zero attached hydrogens (tertiary/aromatic N) is 1. The molecule has 2 N–H and O–H groups in total. The molecular formula is C14H18N2O4. The van der Waals surface area contributed by atoms with Crippen LogP contribution >= 0.6 is 0 Å². The van der Waals surface area contributed by atoms with Crippen molar-refractivity contribution in [1.29, 1.82) is 0 Å². The highest BCUT2D eigenvalue weighted by molar-refractivity contribution is 5.29. The van der Waals surface area contributed by atoms with Crippen molar-refractivity contribution in [2.75, 3.05) is 0 Å². The minimum Gasteiger partial charge on any atom is -0.390 e. The Bertz CT molecular complexity index is 650. The van der Waals surface area contributed by atoms with Crippen molar-refractivity contribution in [3.8, 4) is 11.8 Å². The molecule has 1 aromatic rings. The Labute approximate surface area is 116 Å². The summed E-state index contributed by atoms with van der Waals surface area (Å²) in [6.07, 6.45) is 1.55. The first kappa shape index (κ1) is 14.6. The van der Waals surface area contributed by atoms with Gasteiger partial charge in [-0.1, -0.05) is 25.7 Å². The van der Waals surface area contributed by atoms with Gasteiger partial charge in [-0.25, -0.2) is 4.79 Å². The lowest BCUT2D eigenvalue weighted by Crippen LogP contribution is -2.33. The molecule has 6 nitrogen and oxygen atoms in total. The molecule has 0 aliphatic carbocycles. The van der Waals surface area contributed by atoms with E-state index in [0.717, 1.165) is 0 Å². The van der Waals surface area contributed by atoms with E-state index in [1.54, 1.807) is 0 Å². The summed E-state index contributed by atoms with van der Waals surface area (Å²) in [5, 5.41) is 9.84. The lowest BCUT2D eigenvalue weighted by atomic mass is 10.1. The third-order valence-electron chi connectivity index (χ3n) is 3.28. The second kappa shape index (κ2) is 6.07. The molecule has 0 radical (unpaired) electrons. The predicted molar refractivity (Wildman–Crippen MR) is 73.3 cm³/mol. The topological polar surface area (TPSA) is 84.3 Å². The zero-order valence-electron chi connectivity index (χ0n) is 11.5. The fraction of sp³-hybridized carbons (Fsp3) is 0.571. The molecule has 20 heavy (non-hydrogen) atoms. The summed E-state index contributed by atoms with van der Waals surface area (Å²) in [7, 11) is 0. The van der Waals surface area contributed by atoms with Crippen LogP contribution in [0.5, 0.6) is 0 Å². The Morgan fingerprint density at radius 3 is 2.85 bits per heavy atom. The van der Waals surface area contributed by atoms with Gasteiger partial charge >= 0.3 is 5.69 Å². The quantitative estimate of drug-likeness (QED) is 0.765. The van der Waals surface area contributed by atoms with E-state index in [0.29, 0.717) is 19.3 Å². The summed E-state index contributed by atoms with van der Waals surface area (Å²) in [6.45, 7) is 3.78. The smallest absolute Gasteiger partial charge is 0.330 e. The van der Waals surface area contributed by atoms with Gasteiger partial charge in [0.2, 0.25) is 0 Å². The molecule has 1 aromatic heterocycles. The maximum Gasteiger partial charge on any atom is 0.330 e. The molecule has 0 spiro atoms. The summed E-state index contributed by atoms with van der Waals surface area (Å²) in [6, 6.07) is 0. The highest BCUT2D eigenvalue weighted by Gasteiger charge is 2.34. The molecule has 1 aliphatic rings. The van der Waals surface area contributed by atoms with E-state index in [4.69, 9.17) is 4.74 Å². The van der Waals surface area contributed by atoms with Gasteiger partial charge in [0.15, 0.2) is 0 Å². The molecule has 1 fully saturated rings. The maximum atomic E-state index is 11.9. The Morgan fingerprint density at radius 1 is 1.50 bits per heavy atom. The lowest BCUT2D eigenvalue weighted by Gasteiger charge is -2.14. The Kier molecular flexibility index (Phi) is 4.42. The predicted octanol–water partition coefficient (Wildman–Crippen LogP) is 0.356. The molecule has 2 heterocycles. The van der Waals surface area contributed by atoms with Crippen LogP contribution in [0.15, 0.2) is 15.8 Å². The van der Waals surface area contributed by atoms with Gasteiger partial charge in [-0.15, -0.1) is 0 Å². The van der Waals surface area contributed by atoms with Crippen LogP contribution in [0.3, 0.4) is 0 Å². The number of ether oxygens (including phenoxy) is 1. The van der Waals surface area contributed by atoms with Crippen molar-refractivity contribution in [1.82, 2.24) is 9.55 Å². The number of nitrogens with one attached hydrogen (secondary N) is 1. The molecule has 6 heteroatoms. The number of hydrogen-bond donors (Lipinski definition) is 2. The van der Waals surface area contributed by atoms with Gasteiger partial charge in [-0.05, 0) is 6.42 Å². The van der Waals surface area contributed by atoms with Crippen molar-refractivity contribution in [2.45, 2.75) is 51.5 Å². The number of H-pyrrole nitrogens is 1. The highest BCUT2D eigenvalue weighted by Crippen LogP contribution is 2.28. The molecule has 2 rings (SSSR count). The molecule has 0 aromatic carbocycles. The second-order valence-electron chi connectivity index (χ2n) is 4.71. The SMILES string of the molecule is CCC#Cc1cn(C2CC(O)C(CC)O2)c(=O)[nH]c1=O. The maximum absolute atomic E-state index is 11.9. The zero-order chi connectivity index (χ0) is 14.7. The molecule has 0 saturated carbocycles. The van der Waals surface area contributed by atoms with E-state index in [-0.39, 0.29) is 11.7 Å². The van der Waals surface area contributed by atoms with Gasteiger partial charge in [0, 0.05) is 19.0 Å². The normalized spacial score (nSPS) is 25.2. The van der Waals surface area contributed by atoms with Crippen LogP contribution in [0.25, 0.3) is 0 Å². The van der Waals surface area contributed by atoms with Crippen LogP contribution in [0, 0.1) is 11.8 Å². The van der Waals surface area contributed by atoms with E-state index in [1.165, 1.54) is 10.8 Å². The monoisotopic (exact) mass is 278 g/mol. The number of aromatic amines is 1. The molecule has 0 bridgehead atoms. The van der Waals surface area contributed by atoms with Gasteiger partial charge in [-0.3, -0.25) is 14.3 Å². The summed E-state index contributed by atoms with van der Waals surface area (Å²) in [5.41, 5.74) is -0.826. The van der Waals surface area contributed by atoms with Crippen LogP contribution in [-0.2, 0) is 4.74 Å². The third-order valence-corrected chi connectivity index (χ3v) is 3.28. The van der Waals surface area contributed by atoms with Crippen LogP contribution in [0.1, 0.15) is 44.9 Å². The van der Waals surface area contributed by atoms with Gasteiger partial charge in [0.25, 0.3) is 5.56 Å². The van der Waals surface area contributed by atoms with Gasteiger partial charge in [0.1, 0.15) is 11.8 Å². The number of aromatic nitrogens is 2. The van der Waals surface area contributed by atoms with Crippen LogP contribution < -0.4 is 11.2 Å². The number of hydrogen-bond acceptors (Lipinski definition) is 4. The van der Waals surface area contributed by atoms with Crippen molar-refractivity contribution in [3.05, 3.63) is 32.6 Å². The standard InChI is InChI=1S/C14H18N2O4/c1-3-5-6-9-8-16(14(19)15-13(9)18)12-7-10(17)11(4-2)20-12/h8,10-12,17H,3-4,7H2,1-2H3,(H,15,18,19).